The average Bonchev–Trinajstić information content (AvgIpc) is 2.05. The zero-order chi connectivity index (χ0) is 9.61. The van der Waals surface area contributed by atoms with E-state index in [0.717, 1.165) is 12.8 Å². The van der Waals surface area contributed by atoms with Crippen molar-refractivity contribution >= 4 is 0 Å². The van der Waals surface area contributed by atoms with Gasteiger partial charge in [-0.05, 0) is 25.7 Å². The molecule has 0 aliphatic heterocycles. The van der Waals surface area contributed by atoms with E-state index in [1.165, 1.54) is 6.42 Å². The van der Waals surface area contributed by atoms with E-state index in [9.17, 15) is 0 Å². The molecule has 0 saturated carbocycles. The average molecular weight is 174 g/mol. The zero-order valence-electron chi connectivity index (χ0n) is 8.76. The minimum absolute atomic E-state index is 0.135. The second kappa shape index (κ2) is 5.55. The van der Waals surface area contributed by atoms with Gasteiger partial charge < -0.3 is 9.84 Å². The summed E-state index contributed by atoms with van der Waals surface area (Å²) >= 11 is 0. The topological polar surface area (TPSA) is 29.5 Å². The third-order valence-electron chi connectivity index (χ3n) is 2.61. The number of aliphatic hydroxyl groups is 1. The molecule has 2 heteroatoms. The van der Waals surface area contributed by atoms with Crippen LogP contribution in [0.25, 0.3) is 0 Å². The van der Waals surface area contributed by atoms with E-state index in [1.807, 2.05) is 0 Å². The van der Waals surface area contributed by atoms with Crippen molar-refractivity contribution in [3.8, 4) is 0 Å². The predicted octanol–water partition coefficient (Wildman–Crippen LogP) is 2.21. The summed E-state index contributed by atoms with van der Waals surface area (Å²) in [5, 5.41) is 8.84. The fourth-order valence-electron chi connectivity index (χ4n) is 1.41. The Kier molecular flexibility index (Phi) is 5.51. The fraction of sp³-hybridized carbons (Fsp3) is 1.00. The lowest BCUT2D eigenvalue weighted by atomic mass is 9.89. The van der Waals surface area contributed by atoms with E-state index in [1.54, 1.807) is 7.11 Å². The van der Waals surface area contributed by atoms with Crippen LogP contribution in [0.15, 0.2) is 0 Å². The number of hydrogen-bond donors (Lipinski definition) is 1. The summed E-state index contributed by atoms with van der Waals surface area (Å²) < 4.78 is 5.39. The minimum atomic E-state index is -0.135. The van der Waals surface area contributed by atoms with Gasteiger partial charge in [-0.2, -0.15) is 0 Å². The molecule has 0 aliphatic carbocycles. The van der Waals surface area contributed by atoms with Gasteiger partial charge in [-0.25, -0.2) is 0 Å². The lowest BCUT2D eigenvalue weighted by Gasteiger charge is -2.30. The van der Waals surface area contributed by atoms with Gasteiger partial charge in [0, 0.05) is 13.7 Å². The summed E-state index contributed by atoms with van der Waals surface area (Å²) in [6.45, 7) is 6.67. The van der Waals surface area contributed by atoms with E-state index >= 15 is 0 Å². The Labute approximate surface area is 75.9 Å². The molecular formula is C10H22O2. The first-order valence-corrected chi connectivity index (χ1v) is 4.74. The standard InChI is InChI=1S/C10H22O2/c1-5-9(2)8-10(3,12-4)6-7-11/h9,11H,5-8H2,1-4H3. The third-order valence-corrected chi connectivity index (χ3v) is 2.61. The van der Waals surface area contributed by atoms with Crippen molar-refractivity contribution in [2.75, 3.05) is 13.7 Å². The molecule has 0 bridgehead atoms. The van der Waals surface area contributed by atoms with E-state index in [2.05, 4.69) is 20.8 Å². The first-order valence-electron chi connectivity index (χ1n) is 4.74. The van der Waals surface area contributed by atoms with Gasteiger partial charge in [-0.15, -0.1) is 0 Å². The third kappa shape index (κ3) is 4.07. The molecule has 2 nitrogen and oxygen atoms in total. The van der Waals surface area contributed by atoms with Gasteiger partial charge in [0.15, 0.2) is 0 Å². The highest BCUT2D eigenvalue weighted by Crippen LogP contribution is 2.25. The van der Waals surface area contributed by atoms with Crippen molar-refractivity contribution in [1.29, 1.82) is 0 Å². The summed E-state index contributed by atoms with van der Waals surface area (Å²) in [4.78, 5) is 0. The molecule has 0 aromatic heterocycles. The Hall–Kier alpha value is -0.0800. The summed E-state index contributed by atoms with van der Waals surface area (Å²) in [5.74, 6) is 0.668. The molecule has 0 heterocycles. The van der Waals surface area contributed by atoms with Crippen LogP contribution in [0.5, 0.6) is 0 Å². The lowest BCUT2D eigenvalue weighted by molar-refractivity contribution is -0.0297. The number of aliphatic hydroxyl groups excluding tert-OH is 1. The number of methoxy groups -OCH3 is 1. The van der Waals surface area contributed by atoms with Crippen molar-refractivity contribution in [2.24, 2.45) is 5.92 Å². The highest BCUT2D eigenvalue weighted by atomic mass is 16.5. The second-order valence-electron chi connectivity index (χ2n) is 3.85. The Morgan fingerprint density at radius 2 is 2.08 bits per heavy atom. The first-order chi connectivity index (χ1) is 5.58. The maximum Gasteiger partial charge on any atom is 0.0675 e. The molecular weight excluding hydrogens is 152 g/mol. The van der Waals surface area contributed by atoms with Gasteiger partial charge in [0.05, 0.1) is 5.60 Å². The van der Waals surface area contributed by atoms with E-state index in [4.69, 9.17) is 9.84 Å². The lowest BCUT2D eigenvalue weighted by Crippen LogP contribution is -2.30. The molecule has 2 unspecified atom stereocenters. The summed E-state index contributed by atoms with van der Waals surface area (Å²) in [6, 6.07) is 0. The van der Waals surface area contributed by atoms with Crippen LogP contribution in [0.3, 0.4) is 0 Å². The Bertz CT molecular complexity index is 114. The van der Waals surface area contributed by atoms with Crippen LogP contribution in [0, 0.1) is 5.92 Å². The Morgan fingerprint density at radius 3 is 2.42 bits per heavy atom. The molecule has 0 aromatic rings. The van der Waals surface area contributed by atoms with Gasteiger partial charge in [0.1, 0.15) is 0 Å². The fourth-order valence-corrected chi connectivity index (χ4v) is 1.41. The maximum absolute atomic E-state index is 8.84. The molecule has 74 valence electrons. The smallest absolute Gasteiger partial charge is 0.0675 e. The van der Waals surface area contributed by atoms with Gasteiger partial charge in [-0.1, -0.05) is 20.3 Å². The molecule has 0 aliphatic rings. The summed E-state index contributed by atoms with van der Waals surface area (Å²) in [7, 11) is 1.72. The molecule has 0 amide bonds. The molecule has 0 rings (SSSR count). The van der Waals surface area contributed by atoms with Crippen LogP contribution in [0.4, 0.5) is 0 Å². The van der Waals surface area contributed by atoms with Crippen molar-refractivity contribution < 1.29 is 9.84 Å². The molecule has 1 N–H and O–H groups in total. The Morgan fingerprint density at radius 1 is 1.50 bits per heavy atom. The van der Waals surface area contributed by atoms with Crippen LogP contribution in [-0.2, 0) is 4.74 Å². The van der Waals surface area contributed by atoms with Crippen LogP contribution in [0.1, 0.15) is 40.0 Å². The van der Waals surface area contributed by atoms with Gasteiger partial charge >= 0.3 is 0 Å². The van der Waals surface area contributed by atoms with Gasteiger partial charge in [0.2, 0.25) is 0 Å². The van der Waals surface area contributed by atoms with E-state index in [0.29, 0.717) is 5.92 Å². The predicted molar refractivity (Wildman–Crippen MR) is 51.2 cm³/mol. The van der Waals surface area contributed by atoms with Crippen LogP contribution >= 0.6 is 0 Å². The number of ether oxygens (including phenoxy) is 1. The SMILES string of the molecule is CCC(C)CC(C)(CCO)OC. The van der Waals surface area contributed by atoms with Crippen molar-refractivity contribution in [1.82, 2.24) is 0 Å². The molecule has 12 heavy (non-hydrogen) atoms. The zero-order valence-corrected chi connectivity index (χ0v) is 8.76. The summed E-state index contributed by atoms with van der Waals surface area (Å²) in [6.07, 6.45) is 2.93. The van der Waals surface area contributed by atoms with Crippen LogP contribution < -0.4 is 0 Å². The van der Waals surface area contributed by atoms with Crippen LogP contribution in [-0.4, -0.2) is 24.4 Å². The molecule has 0 saturated heterocycles. The first kappa shape index (κ1) is 11.9. The molecule has 2 atom stereocenters. The normalized spacial score (nSPS) is 18.8. The Balaban J connectivity index is 3.94. The van der Waals surface area contributed by atoms with E-state index < -0.39 is 0 Å². The molecule has 0 aromatic carbocycles. The highest BCUT2D eigenvalue weighted by molar-refractivity contribution is 4.76. The largest absolute Gasteiger partial charge is 0.396 e. The van der Waals surface area contributed by atoms with E-state index in [-0.39, 0.29) is 12.2 Å². The maximum atomic E-state index is 8.84. The minimum Gasteiger partial charge on any atom is -0.396 e. The number of hydrogen-bond acceptors (Lipinski definition) is 2. The van der Waals surface area contributed by atoms with Crippen molar-refractivity contribution in [2.45, 2.75) is 45.6 Å². The monoisotopic (exact) mass is 174 g/mol. The van der Waals surface area contributed by atoms with Gasteiger partial charge in [0.25, 0.3) is 0 Å². The molecule has 0 radical (unpaired) electrons. The van der Waals surface area contributed by atoms with Crippen LogP contribution in [0.2, 0.25) is 0 Å². The van der Waals surface area contributed by atoms with Crippen molar-refractivity contribution in [3.05, 3.63) is 0 Å². The number of rotatable bonds is 6. The summed E-state index contributed by atoms with van der Waals surface area (Å²) in [5.41, 5.74) is -0.135. The second-order valence-corrected chi connectivity index (χ2v) is 3.85. The molecule has 0 fully saturated rings. The molecule has 0 spiro atoms. The van der Waals surface area contributed by atoms with Crippen molar-refractivity contribution in [3.63, 3.8) is 0 Å². The highest BCUT2D eigenvalue weighted by Gasteiger charge is 2.24. The quantitative estimate of drug-likeness (QED) is 0.669. The van der Waals surface area contributed by atoms with Gasteiger partial charge in [-0.3, -0.25) is 0 Å².